The van der Waals surface area contributed by atoms with Gasteiger partial charge in [0.25, 0.3) is 5.91 Å². The molecule has 1 aliphatic rings. The fourth-order valence-electron chi connectivity index (χ4n) is 3.12. The molecule has 0 saturated carbocycles. The van der Waals surface area contributed by atoms with Crippen molar-refractivity contribution >= 4 is 17.5 Å². The van der Waals surface area contributed by atoms with Gasteiger partial charge in [0.05, 0.1) is 18.4 Å². The average molecular weight is 370 g/mol. The van der Waals surface area contributed by atoms with Gasteiger partial charge in [-0.05, 0) is 31.2 Å². The van der Waals surface area contributed by atoms with Gasteiger partial charge in [0.1, 0.15) is 6.26 Å². The van der Waals surface area contributed by atoms with Gasteiger partial charge in [0.2, 0.25) is 5.91 Å². The van der Waals surface area contributed by atoms with E-state index >= 15 is 0 Å². The molecule has 7 nitrogen and oxygen atoms in total. The van der Waals surface area contributed by atoms with Gasteiger partial charge in [-0.25, -0.2) is 0 Å². The molecule has 0 aliphatic carbocycles. The number of piperazine rings is 1. The van der Waals surface area contributed by atoms with Crippen LogP contribution in [0.25, 0.3) is 0 Å². The molecular weight excluding hydrogens is 344 g/mol. The Morgan fingerprint density at radius 3 is 2.48 bits per heavy atom. The highest BCUT2D eigenvalue weighted by atomic mass is 16.3. The second-order valence-electron chi connectivity index (χ2n) is 6.56. The molecule has 0 unspecified atom stereocenters. The van der Waals surface area contributed by atoms with Crippen molar-refractivity contribution in [3.05, 3.63) is 54.5 Å². The van der Waals surface area contributed by atoms with Crippen LogP contribution in [0.2, 0.25) is 0 Å². The van der Waals surface area contributed by atoms with E-state index in [0.29, 0.717) is 12.1 Å². The molecule has 1 aromatic carbocycles. The van der Waals surface area contributed by atoms with Gasteiger partial charge < -0.3 is 20.0 Å². The topological polar surface area (TPSA) is 77.8 Å². The normalized spacial score (nSPS) is 14.7. The highest BCUT2D eigenvalue weighted by molar-refractivity contribution is 5.96. The molecule has 144 valence electrons. The number of furan rings is 1. The van der Waals surface area contributed by atoms with Crippen molar-refractivity contribution in [2.24, 2.45) is 0 Å². The Morgan fingerprint density at radius 2 is 1.78 bits per heavy atom. The summed E-state index contributed by atoms with van der Waals surface area (Å²) in [6.45, 7) is 5.66. The van der Waals surface area contributed by atoms with Crippen LogP contribution < -0.4 is 15.5 Å². The van der Waals surface area contributed by atoms with Crippen molar-refractivity contribution in [1.29, 1.82) is 0 Å². The molecule has 2 amide bonds. The number of carbonyl (C=O) groups is 2. The Morgan fingerprint density at radius 1 is 1.00 bits per heavy atom. The molecule has 3 rings (SSSR count). The summed E-state index contributed by atoms with van der Waals surface area (Å²) in [5.41, 5.74) is 1.69. The van der Waals surface area contributed by atoms with Gasteiger partial charge in [-0.15, -0.1) is 0 Å². The van der Waals surface area contributed by atoms with E-state index in [1.54, 1.807) is 6.07 Å². The van der Waals surface area contributed by atoms with Crippen molar-refractivity contribution in [2.45, 2.75) is 6.42 Å². The SMILES string of the molecule is O=C(CNC(=O)c1ccoc1)NCCCN1CCN(c2ccccc2)CC1. The van der Waals surface area contributed by atoms with E-state index in [2.05, 4.69) is 44.7 Å². The Bertz CT molecular complexity index is 710. The van der Waals surface area contributed by atoms with E-state index in [4.69, 9.17) is 4.42 Å². The van der Waals surface area contributed by atoms with E-state index in [1.165, 1.54) is 18.2 Å². The summed E-state index contributed by atoms with van der Waals surface area (Å²) in [6, 6.07) is 12.0. The summed E-state index contributed by atoms with van der Waals surface area (Å²) < 4.78 is 4.84. The highest BCUT2D eigenvalue weighted by Gasteiger charge is 2.16. The first-order valence-electron chi connectivity index (χ1n) is 9.32. The molecule has 0 radical (unpaired) electrons. The minimum absolute atomic E-state index is 0.0280. The zero-order valence-corrected chi connectivity index (χ0v) is 15.4. The fourth-order valence-corrected chi connectivity index (χ4v) is 3.12. The molecule has 0 atom stereocenters. The van der Waals surface area contributed by atoms with E-state index in [9.17, 15) is 9.59 Å². The highest BCUT2D eigenvalue weighted by Crippen LogP contribution is 2.15. The minimum Gasteiger partial charge on any atom is -0.472 e. The Labute approximate surface area is 159 Å². The van der Waals surface area contributed by atoms with Crippen molar-refractivity contribution < 1.29 is 14.0 Å². The first-order chi connectivity index (χ1) is 13.2. The number of hydrogen-bond donors (Lipinski definition) is 2. The van der Waals surface area contributed by atoms with E-state index < -0.39 is 0 Å². The smallest absolute Gasteiger partial charge is 0.254 e. The van der Waals surface area contributed by atoms with Gasteiger partial charge in [0, 0.05) is 38.4 Å². The van der Waals surface area contributed by atoms with Gasteiger partial charge in [-0.3, -0.25) is 14.5 Å². The number of anilines is 1. The number of hydrogen-bond acceptors (Lipinski definition) is 5. The van der Waals surface area contributed by atoms with Crippen LogP contribution in [0.15, 0.2) is 53.3 Å². The first kappa shape index (κ1) is 19.0. The van der Waals surface area contributed by atoms with Crippen LogP contribution in [-0.4, -0.2) is 62.5 Å². The zero-order valence-electron chi connectivity index (χ0n) is 15.4. The molecule has 2 heterocycles. The van der Waals surface area contributed by atoms with Crippen molar-refractivity contribution in [3.8, 4) is 0 Å². The van der Waals surface area contributed by atoms with Crippen LogP contribution in [0.5, 0.6) is 0 Å². The molecule has 1 saturated heterocycles. The summed E-state index contributed by atoms with van der Waals surface area (Å²) in [7, 11) is 0. The molecular formula is C20H26N4O3. The lowest BCUT2D eigenvalue weighted by Gasteiger charge is -2.36. The largest absolute Gasteiger partial charge is 0.472 e. The van der Waals surface area contributed by atoms with E-state index in [0.717, 1.165) is 39.1 Å². The minimum atomic E-state index is -0.310. The summed E-state index contributed by atoms with van der Waals surface area (Å²) in [5, 5.41) is 5.41. The summed E-state index contributed by atoms with van der Waals surface area (Å²) in [4.78, 5) is 28.3. The molecule has 0 bridgehead atoms. The van der Waals surface area contributed by atoms with Crippen molar-refractivity contribution in [3.63, 3.8) is 0 Å². The maximum absolute atomic E-state index is 11.8. The van der Waals surface area contributed by atoms with Crippen LogP contribution in [0.1, 0.15) is 16.8 Å². The number of amides is 2. The quantitative estimate of drug-likeness (QED) is 0.686. The average Bonchev–Trinajstić information content (AvgIpc) is 3.25. The second kappa shape index (κ2) is 9.78. The number of carbonyl (C=O) groups excluding carboxylic acids is 2. The summed E-state index contributed by atoms with van der Waals surface area (Å²) in [5.74, 6) is -0.490. The monoisotopic (exact) mass is 370 g/mol. The Hall–Kier alpha value is -2.80. The molecule has 1 aromatic heterocycles. The van der Waals surface area contributed by atoms with Crippen LogP contribution in [0.4, 0.5) is 5.69 Å². The molecule has 7 heteroatoms. The van der Waals surface area contributed by atoms with Crippen molar-refractivity contribution in [1.82, 2.24) is 15.5 Å². The third-order valence-electron chi connectivity index (χ3n) is 4.66. The molecule has 1 fully saturated rings. The number of nitrogens with zero attached hydrogens (tertiary/aromatic N) is 2. The molecule has 2 N–H and O–H groups in total. The fraction of sp³-hybridized carbons (Fsp3) is 0.400. The van der Waals surface area contributed by atoms with E-state index in [1.807, 2.05) is 6.07 Å². The maximum Gasteiger partial charge on any atom is 0.254 e. The van der Waals surface area contributed by atoms with Crippen LogP contribution >= 0.6 is 0 Å². The third-order valence-corrected chi connectivity index (χ3v) is 4.66. The van der Waals surface area contributed by atoms with Gasteiger partial charge in [-0.2, -0.15) is 0 Å². The maximum atomic E-state index is 11.8. The van der Waals surface area contributed by atoms with E-state index in [-0.39, 0.29) is 18.4 Å². The molecule has 1 aliphatic heterocycles. The molecule has 27 heavy (non-hydrogen) atoms. The Kier molecular flexibility index (Phi) is 6.87. The predicted molar refractivity (Wildman–Crippen MR) is 104 cm³/mol. The van der Waals surface area contributed by atoms with Gasteiger partial charge >= 0.3 is 0 Å². The second-order valence-corrected chi connectivity index (χ2v) is 6.56. The number of nitrogens with one attached hydrogen (secondary N) is 2. The lowest BCUT2D eigenvalue weighted by molar-refractivity contribution is -0.120. The number of benzene rings is 1. The molecule has 2 aromatic rings. The number of rotatable bonds is 8. The summed E-state index contributed by atoms with van der Waals surface area (Å²) >= 11 is 0. The summed E-state index contributed by atoms with van der Waals surface area (Å²) in [6.07, 6.45) is 3.67. The Balaban J connectivity index is 1.25. The lowest BCUT2D eigenvalue weighted by atomic mass is 10.2. The molecule has 0 spiro atoms. The van der Waals surface area contributed by atoms with Crippen LogP contribution in [0.3, 0.4) is 0 Å². The zero-order chi connectivity index (χ0) is 18.9. The first-order valence-corrected chi connectivity index (χ1v) is 9.32. The lowest BCUT2D eigenvalue weighted by Crippen LogP contribution is -2.47. The van der Waals surface area contributed by atoms with Crippen LogP contribution in [0, 0.1) is 0 Å². The number of para-hydroxylation sites is 1. The van der Waals surface area contributed by atoms with Crippen molar-refractivity contribution in [2.75, 3.05) is 50.7 Å². The van der Waals surface area contributed by atoms with Gasteiger partial charge in [-0.1, -0.05) is 18.2 Å². The van der Waals surface area contributed by atoms with Gasteiger partial charge in [0.15, 0.2) is 0 Å². The standard InChI is InChI=1S/C20H26N4O3/c25-19(15-22-20(26)17-7-14-27-16-17)21-8-4-9-23-10-12-24(13-11-23)18-5-2-1-3-6-18/h1-3,5-7,14,16H,4,8-13,15H2,(H,21,25)(H,22,26). The van der Waals surface area contributed by atoms with Crippen LogP contribution in [-0.2, 0) is 4.79 Å². The predicted octanol–water partition coefficient (Wildman–Crippen LogP) is 1.34. The third kappa shape index (κ3) is 5.86.